The predicted octanol–water partition coefficient (Wildman–Crippen LogP) is -1.59. The summed E-state index contributed by atoms with van der Waals surface area (Å²) in [5, 5.41) is 8.87. The molecule has 0 aromatic heterocycles. The van der Waals surface area contributed by atoms with E-state index in [1.54, 1.807) is 6.92 Å². The summed E-state index contributed by atoms with van der Waals surface area (Å²) in [7, 11) is 0. The van der Waals surface area contributed by atoms with Crippen LogP contribution in [0.3, 0.4) is 0 Å². The first-order valence-electron chi connectivity index (χ1n) is 3.41. The van der Waals surface area contributed by atoms with Crippen LogP contribution in [-0.4, -0.2) is 36.7 Å². The molecule has 5 heteroatoms. The van der Waals surface area contributed by atoms with Crippen molar-refractivity contribution < 1.29 is 14.7 Å². The maximum Gasteiger partial charge on any atom is 0.138 e. The second-order valence-electron chi connectivity index (χ2n) is 2.24. The number of nitrogens with two attached hydrogens (primary N) is 1. The molecule has 0 aromatic rings. The van der Waals surface area contributed by atoms with E-state index >= 15 is 0 Å². The molecule has 0 spiro atoms. The Morgan fingerprint density at radius 3 is 2.91 bits per heavy atom. The molecule has 0 amide bonds. The summed E-state index contributed by atoms with van der Waals surface area (Å²) < 4.78 is 0. The summed E-state index contributed by atoms with van der Waals surface area (Å²) in [6.45, 7) is 1.88. The van der Waals surface area contributed by atoms with Gasteiger partial charge in [-0.15, -0.1) is 0 Å². The van der Waals surface area contributed by atoms with Crippen LogP contribution in [-0.2, 0) is 9.63 Å². The normalized spacial score (nSPS) is 15.9. The Labute approximate surface area is 65.5 Å². The zero-order chi connectivity index (χ0) is 8.69. The molecule has 0 saturated heterocycles. The van der Waals surface area contributed by atoms with Crippen LogP contribution in [0.25, 0.3) is 0 Å². The minimum absolute atomic E-state index is 0.0919. The molecule has 11 heavy (non-hydrogen) atoms. The fourth-order valence-corrected chi connectivity index (χ4v) is 0.372. The highest BCUT2D eigenvalue weighted by molar-refractivity contribution is 5.56. The molecule has 0 bridgehead atoms. The molecular formula is C6H14N2O3. The number of aliphatic hydroxyl groups excluding tert-OH is 1. The maximum absolute atomic E-state index is 10.0. The van der Waals surface area contributed by atoms with Gasteiger partial charge in [-0.25, -0.2) is 0 Å². The van der Waals surface area contributed by atoms with Crippen molar-refractivity contribution in [3.8, 4) is 0 Å². The highest BCUT2D eigenvalue weighted by atomic mass is 16.6. The van der Waals surface area contributed by atoms with Gasteiger partial charge in [0, 0.05) is 6.54 Å². The molecule has 0 radical (unpaired) electrons. The van der Waals surface area contributed by atoms with Crippen LogP contribution in [0, 0.1) is 0 Å². The van der Waals surface area contributed by atoms with Gasteiger partial charge in [0.2, 0.25) is 0 Å². The van der Waals surface area contributed by atoms with Crippen LogP contribution in [0.15, 0.2) is 0 Å². The van der Waals surface area contributed by atoms with E-state index in [1.165, 1.54) is 0 Å². The SMILES string of the molecule is CC(C=O)NOCC(O)CN. The number of hydrogen-bond acceptors (Lipinski definition) is 5. The van der Waals surface area contributed by atoms with E-state index in [0.717, 1.165) is 0 Å². The fourth-order valence-electron chi connectivity index (χ4n) is 0.372. The Morgan fingerprint density at radius 1 is 1.82 bits per heavy atom. The van der Waals surface area contributed by atoms with Crippen molar-refractivity contribution in [1.29, 1.82) is 0 Å². The van der Waals surface area contributed by atoms with Crippen LogP contribution in [0.4, 0.5) is 0 Å². The highest BCUT2D eigenvalue weighted by Gasteiger charge is 2.02. The third-order valence-electron chi connectivity index (χ3n) is 1.02. The molecule has 4 N–H and O–H groups in total. The quantitative estimate of drug-likeness (QED) is 0.324. The smallest absolute Gasteiger partial charge is 0.138 e. The van der Waals surface area contributed by atoms with E-state index in [4.69, 9.17) is 15.7 Å². The zero-order valence-electron chi connectivity index (χ0n) is 6.49. The predicted molar refractivity (Wildman–Crippen MR) is 39.7 cm³/mol. The molecule has 0 fully saturated rings. The lowest BCUT2D eigenvalue weighted by Gasteiger charge is -2.10. The molecule has 0 heterocycles. The van der Waals surface area contributed by atoms with Crippen molar-refractivity contribution >= 4 is 6.29 Å². The summed E-state index contributed by atoms with van der Waals surface area (Å²) in [6.07, 6.45) is 0.0239. The van der Waals surface area contributed by atoms with E-state index in [2.05, 4.69) is 5.48 Å². The first kappa shape index (κ1) is 10.5. The van der Waals surface area contributed by atoms with E-state index in [9.17, 15) is 4.79 Å². The number of rotatable bonds is 6. The number of aldehydes is 1. The van der Waals surface area contributed by atoms with Crippen molar-refractivity contribution in [3.63, 3.8) is 0 Å². The van der Waals surface area contributed by atoms with Gasteiger partial charge in [0.1, 0.15) is 6.29 Å². The molecule has 0 aliphatic heterocycles. The Balaban J connectivity index is 3.19. The minimum Gasteiger partial charge on any atom is -0.389 e. The molecule has 0 saturated carbocycles. The zero-order valence-corrected chi connectivity index (χ0v) is 6.49. The molecule has 0 aliphatic carbocycles. The third kappa shape index (κ3) is 5.93. The second-order valence-corrected chi connectivity index (χ2v) is 2.24. The van der Waals surface area contributed by atoms with E-state index in [1.807, 2.05) is 0 Å². The lowest BCUT2D eigenvalue weighted by Crippen LogP contribution is -2.33. The van der Waals surface area contributed by atoms with Crippen molar-refractivity contribution in [3.05, 3.63) is 0 Å². The molecule has 0 rings (SSSR count). The number of hydroxylamine groups is 1. The van der Waals surface area contributed by atoms with Gasteiger partial charge in [0.25, 0.3) is 0 Å². The molecule has 0 aromatic carbocycles. The second kappa shape index (κ2) is 6.23. The lowest BCUT2D eigenvalue weighted by molar-refractivity contribution is -0.114. The van der Waals surface area contributed by atoms with Gasteiger partial charge in [-0.1, -0.05) is 0 Å². The number of carbonyl (C=O) groups excluding carboxylic acids is 1. The fraction of sp³-hybridized carbons (Fsp3) is 0.833. The van der Waals surface area contributed by atoms with Gasteiger partial charge in [-0.3, -0.25) is 4.84 Å². The molecule has 0 aliphatic rings. The summed E-state index contributed by atoms with van der Waals surface area (Å²) in [5.74, 6) is 0. The van der Waals surface area contributed by atoms with Crippen molar-refractivity contribution in [1.82, 2.24) is 5.48 Å². The third-order valence-corrected chi connectivity index (χ3v) is 1.02. The summed E-state index contributed by atoms with van der Waals surface area (Å²) in [4.78, 5) is 14.7. The first-order chi connectivity index (χ1) is 5.20. The first-order valence-corrected chi connectivity index (χ1v) is 3.41. The van der Waals surface area contributed by atoms with Gasteiger partial charge in [-0.2, -0.15) is 5.48 Å². The standard InChI is InChI=1S/C6H14N2O3/c1-5(3-9)8-11-4-6(10)2-7/h3,5-6,8,10H,2,4,7H2,1H3. The number of carbonyl (C=O) groups is 1. The van der Waals surface area contributed by atoms with Crippen molar-refractivity contribution in [2.24, 2.45) is 5.73 Å². The average molecular weight is 162 g/mol. The molecular weight excluding hydrogens is 148 g/mol. The molecule has 66 valence electrons. The summed E-state index contributed by atoms with van der Waals surface area (Å²) >= 11 is 0. The lowest BCUT2D eigenvalue weighted by atomic mass is 10.4. The molecule has 2 unspecified atom stereocenters. The van der Waals surface area contributed by atoms with Crippen LogP contribution in [0.2, 0.25) is 0 Å². The number of nitrogens with one attached hydrogen (secondary N) is 1. The topological polar surface area (TPSA) is 84.6 Å². The van der Waals surface area contributed by atoms with Gasteiger partial charge >= 0.3 is 0 Å². The molecule has 2 atom stereocenters. The summed E-state index contributed by atoms with van der Waals surface area (Å²) in [5.41, 5.74) is 7.51. The summed E-state index contributed by atoms with van der Waals surface area (Å²) in [6, 6.07) is -0.361. The number of hydrogen-bond donors (Lipinski definition) is 3. The van der Waals surface area contributed by atoms with E-state index in [0.29, 0.717) is 6.29 Å². The average Bonchev–Trinajstić information content (AvgIpc) is 2.04. The molecule has 5 nitrogen and oxygen atoms in total. The van der Waals surface area contributed by atoms with Crippen LogP contribution < -0.4 is 11.2 Å². The largest absolute Gasteiger partial charge is 0.389 e. The van der Waals surface area contributed by atoms with Gasteiger partial charge in [0.15, 0.2) is 0 Å². The number of aliphatic hydroxyl groups is 1. The van der Waals surface area contributed by atoms with Crippen LogP contribution >= 0.6 is 0 Å². The Hall–Kier alpha value is -0.490. The Bertz CT molecular complexity index is 110. The van der Waals surface area contributed by atoms with Crippen LogP contribution in [0.1, 0.15) is 6.92 Å². The van der Waals surface area contributed by atoms with Gasteiger partial charge < -0.3 is 15.6 Å². The van der Waals surface area contributed by atoms with Crippen molar-refractivity contribution in [2.75, 3.05) is 13.2 Å². The monoisotopic (exact) mass is 162 g/mol. The Kier molecular flexibility index (Phi) is 5.96. The van der Waals surface area contributed by atoms with Gasteiger partial charge in [-0.05, 0) is 6.92 Å². The van der Waals surface area contributed by atoms with E-state index in [-0.39, 0.29) is 19.2 Å². The van der Waals surface area contributed by atoms with Crippen molar-refractivity contribution in [2.45, 2.75) is 19.1 Å². The van der Waals surface area contributed by atoms with Crippen LogP contribution in [0.5, 0.6) is 0 Å². The maximum atomic E-state index is 10.0. The Morgan fingerprint density at radius 2 is 2.45 bits per heavy atom. The van der Waals surface area contributed by atoms with Gasteiger partial charge in [0.05, 0.1) is 18.8 Å². The van der Waals surface area contributed by atoms with E-state index < -0.39 is 6.10 Å². The highest BCUT2D eigenvalue weighted by Crippen LogP contribution is 1.80. The minimum atomic E-state index is -0.679.